The average Bonchev–Trinajstić information content (AvgIpc) is 3.70. The summed E-state index contributed by atoms with van der Waals surface area (Å²) in [6.45, 7) is 1.68. The number of allylic oxidation sites excluding steroid dienone is 11. The Labute approximate surface area is 528 Å². The standard InChI is InChI=1S/C69H121NO18/c1-3-5-7-9-11-13-15-17-19-21-23-24-25-26-27-28-29-31-33-35-37-39-41-43-45-47-57(75)70-52(53(74)46-44-42-40-38-36-34-32-30-22-20-18-16-14-12-10-8-6-4-2)51-83-67-63(81)60(78)65(55(49-72)85-67)88-69-64(82)61(79)66(56(50-73)86-69)87-68-62(80)59(77)58(76)54(48-71)84-68/h15,17,21-23,25-26,30,36,38,44,46,52-56,58-69,71-74,76-82H,3-14,16,18-20,24,27-29,31-35,37,39-43,45,47-51H2,1-2H3,(H,70,75)/b17-15-,23-21-,26-25-,30-22+,38-36+,46-44+. The van der Waals surface area contributed by atoms with Gasteiger partial charge in [0, 0.05) is 6.42 Å². The average molecular weight is 1250 g/mol. The zero-order valence-corrected chi connectivity index (χ0v) is 53.7. The third-order valence-electron chi connectivity index (χ3n) is 16.7. The number of aliphatic hydroxyl groups excluding tert-OH is 11. The molecule has 17 atom stereocenters. The molecule has 0 saturated carbocycles. The Hall–Kier alpha value is -2.77. The number of hydrogen-bond acceptors (Lipinski definition) is 18. The molecule has 3 heterocycles. The topological polar surface area (TPSA) is 307 Å². The summed E-state index contributed by atoms with van der Waals surface area (Å²) in [5.41, 5.74) is 0. The van der Waals surface area contributed by atoms with E-state index in [4.69, 9.17) is 28.4 Å². The SMILES string of the molecule is CCCCCCC/C=C\C/C=C\C/C=C\CCCCCCCCCCCCC(=O)NC(COC1OC(CO)C(OC2OC(CO)C(OC3OC(CO)C(O)C(O)C3O)C(O)C2O)C(O)C1O)C(O)/C=C/CC/C=C/CC/C=C/CCCCCCCCCC. The quantitative estimate of drug-likeness (QED) is 0.0200. The van der Waals surface area contributed by atoms with E-state index in [-0.39, 0.29) is 18.9 Å². The van der Waals surface area contributed by atoms with Crippen LogP contribution in [0.2, 0.25) is 0 Å². The van der Waals surface area contributed by atoms with Crippen molar-refractivity contribution in [3.05, 3.63) is 72.9 Å². The van der Waals surface area contributed by atoms with Gasteiger partial charge in [-0.25, -0.2) is 0 Å². The van der Waals surface area contributed by atoms with Gasteiger partial charge in [0.1, 0.15) is 73.2 Å². The van der Waals surface area contributed by atoms with E-state index in [1.54, 1.807) is 6.08 Å². The molecule has 0 bridgehead atoms. The predicted octanol–water partition coefficient (Wildman–Crippen LogP) is 8.55. The molecule has 88 heavy (non-hydrogen) atoms. The smallest absolute Gasteiger partial charge is 0.220 e. The fraction of sp³-hybridized carbons (Fsp3) is 0.812. The largest absolute Gasteiger partial charge is 0.394 e. The number of carbonyl (C=O) groups excluding carboxylic acids is 1. The Morgan fingerprint density at radius 2 is 0.761 bits per heavy atom. The van der Waals surface area contributed by atoms with E-state index in [1.807, 2.05) is 6.08 Å². The predicted molar refractivity (Wildman–Crippen MR) is 341 cm³/mol. The maximum absolute atomic E-state index is 13.4. The molecule has 3 fully saturated rings. The molecule has 1 amide bonds. The van der Waals surface area contributed by atoms with Crippen LogP contribution < -0.4 is 5.32 Å². The minimum absolute atomic E-state index is 0.224. The first-order valence-corrected chi connectivity index (χ1v) is 34.2. The minimum atomic E-state index is -1.99. The molecule has 3 aliphatic heterocycles. The van der Waals surface area contributed by atoms with E-state index < -0.39 is 124 Å². The van der Waals surface area contributed by atoms with E-state index >= 15 is 0 Å². The summed E-state index contributed by atoms with van der Waals surface area (Å²) in [6, 6.07) is -1.00. The highest BCUT2D eigenvalue weighted by Crippen LogP contribution is 2.33. The normalized spacial score (nSPS) is 28.9. The molecule has 3 saturated heterocycles. The lowest BCUT2D eigenvalue weighted by molar-refractivity contribution is -0.379. The Balaban J connectivity index is 1.46. The van der Waals surface area contributed by atoms with Crippen LogP contribution in [0.5, 0.6) is 0 Å². The summed E-state index contributed by atoms with van der Waals surface area (Å²) >= 11 is 0. The molecule has 0 aromatic heterocycles. The molecule has 17 unspecified atom stereocenters. The van der Waals surface area contributed by atoms with E-state index in [2.05, 4.69) is 79.9 Å². The van der Waals surface area contributed by atoms with Gasteiger partial charge in [-0.2, -0.15) is 0 Å². The van der Waals surface area contributed by atoms with Crippen LogP contribution in [0.25, 0.3) is 0 Å². The summed E-state index contributed by atoms with van der Waals surface area (Å²) in [7, 11) is 0. The third kappa shape index (κ3) is 32.7. The van der Waals surface area contributed by atoms with Gasteiger partial charge in [0.25, 0.3) is 0 Å². The van der Waals surface area contributed by atoms with E-state index in [1.165, 1.54) is 122 Å². The number of ether oxygens (including phenoxy) is 6. The number of carbonyl (C=O) groups is 1. The Bertz CT molecular complexity index is 1880. The van der Waals surface area contributed by atoms with Crippen LogP contribution in [0.1, 0.15) is 226 Å². The molecule has 3 rings (SSSR count). The summed E-state index contributed by atoms with van der Waals surface area (Å²) in [5.74, 6) is -0.296. The van der Waals surface area contributed by atoms with Gasteiger partial charge in [0.05, 0.1) is 38.6 Å². The zero-order valence-electron chi connectivity index (χ0n) is 53.7. The highest BCUT2D eigenvalue weighted by molar-refractivity contribution is 5.76. The highest BCUT2D eigenvalue weighted by atomic mass is 16.8. The van der Waals surface area contributed by atoms with Crippen LogP contribution >= 0.6 is 0 Å². The molecule has 510 valence electrons. The van der Waals surface area contributed by atoms with Gasteiger partial charge in [-0.1, -0.05) is 209 Å². The summed E-state index contributed by atoms with van der Waals surface area (Å²) in [5, 5.41) is 120. The number of unbranched alkanes of at least 4 members (excludes halogenated alkanes) is 25. The maximum Gasteiger partial charge on any atom is 0.220 e. The monoisotopic (exact) mass is 1250 g/mol. The molecular weight excluding hydrogens is 1130 g/mol. The fourth-order valence-electron chi connectivity index (χ4n) is 11.1. The second kappa shape index (κ2) is 50.7. The molecule has 0 aliphatic carbocycles. The first-order valence-electron chi connectivity index (χ1n) is 34.2. The summed E-state index contributed by atoms with van der Waals surface area (Å²) in [6.07, 6.45) is 35.9. The van der Waals surface area contributed by atoms with Gasteiger partial charge in [0.15, 0.2) is 18.9 Å². The molecule has 12 N–H and O–H groups in total. The Kier molecular flexibility index (Phi) is 45.8. The fourth-order valence-corrected chi connectivity index (χ4v) is 11.1. The van der Waals surface area contributed by atoms with Crippen LogP contribution in [0.3, 0.4) is 0 Å². The molecule has 0 spiro atoms. The van der Waals surface area contributed by atoms with Gasteiger partial charge >= 0.3 is 0 Å². The molecule has 19 heteroatoms. The van der Waals surface area contributed by atoms with Gasteiger partial charge < -0.3 is 89.9 Å². The lowest BCUT2D eigenvalue weighted by Gasteiger charge is -2.48. The summed E-state index contributed by atoms with van der Waals surface area (Å²) in [4.78, 5) is 13.4. The van der Waals surface area contributed by atoms with Crippen LogP contribution in [0.4, 0.5) is 0 Å². The number of hydrogen-bond donors (Lipinski definition) is 12. The van der Waals surface area contributed by atoms with Crippen molar-refractivity contribution < 1.29 is 89.4 Å². The van der Waals surface area contributed by atoms with Crippen molar-refractivity contribution in [3.8, 4) is 0 Å². The van der Waals surface area contributed by atoms with Crippen LogP contribution in [0.15, 0.2) is 72.9 Å². The highest BCUT2D eigenvalue weighted by Gasteiger charge is 2.53. The molecule has 0 radical (unpaired) electrons. The third-order valence-corrected chi connectivity index (χ3v) is 16.7. The van der Waals surface area contributed by atoms with E-state index in [9.17, 15) is 61.0 Å². The van der Waals surface area contributed by atoms with Gasteiger partial charge in [0.2, 0.25) is 5.91 Å². The van der Waals surface area contributed by atoms with Crippen molar-refractivity contribution in [1.82, 2.24) is 5.32 Å². The maximum atomic E-state index is 13.4. The van der Waals surface area contributed by atoms with E-state index in [0.717, 1.165) is 70.6 Å². The molecule has 0 aromatic rings. The first-order chi connectivity index (χ1) is 42.8. The minimum Gasteiger partial charge on any atom is -0.394 e. The second-order valence-corrected chi connectivity index (χ2v) is 24.3. The first kappa shape index (κ1) is 79.5. The van der Waals surface area contributed by atoms with Gasteiger partial charge in [-0.3, -0.25) is 4.79 Å². The molecular formula is C69H121NO18. The lowest BCUT2D eigenvalue weighted by Crippen LogP contribution is -2.66. The van der Waals surface area contributed by atoms with Crippen molar-refractivity contribution in [2.75, 3.05) is 26.4 Å². The van der Waals surface area contributed by atoms with Crippen molar-refractivity contribution in [3.63, 3.8) is 0 Å². The van der Waals surface area contributed by atoms with Crippen LogP contribution in [-0.2, 0) is 33.2 Å². The number of rotatable bonds is 51. The van der Waals surface area contributed by atoms with Crippen molar-refractivity contribution >= 4 is 5.91 Å². The summed E-state index contributed by atoms with van der Waals surface area (Å²) < 4.78 is 34.3. The van der Waals surface area contributed by atoms with Crippen molar-refractivity contribution in [1.29, 1.82) is 0 Å². The van der Waals surface area contributed by atoms with Crippen molar-refractivity contribution in [2.24, 2.45) is 0 Å². The van der Waals surface area contributed by atoms with Crippen molar-refractivity contribution in [2.45, 2.75) is 330 Å². The lowest BCUT2D eigenvalue weighted by atomic mass is 9.96. The molecule has 3 aliphatic rings. The van der Waals surface area contributed by atoms with Crippen LogP contribution in [0, 0.1) is 0 Å². The Morgan fingerprint density at radius 1 is 0.409 bits per heavy atom. The number of amides is 1. The van der Waals surface area contributed by atoms with Gasteiger partial charge in [-0.15, -0.1) is 0 Å². The molecule has 19 nitrogen and oxygen atoms in total. The zero-order chi connectivity index (χ0) is 64.0. The number of nitrogens with one attached hydrogen (secondary N) is 1. The molecule has 0 aromatic carbocycles. The van der Waals surface area contributed by atoms with E-state index in [0.29, 0.717) is 12.8 Å². The van der Waals surface area contributed by atoms with Gasteiger partial charge in [-0.05, 0) is 83.5 Å². The number of aliphatic hydroxyl groups is 11. The second-order valence-electron chi connectivity index (χ2n) is 24.3. The Morgan fingerprint density at radius 3 is 1.22 bits per heavy atom. The van der Waals surface area contributed by atoms with Crippen LogP contribution in [-0.4, -0.2) is 193 Å².